The van der Waals surface area contributed by atoms with E-state index in [1.807, 2.05) is 218 Å². The maximum absolute atomic E-state index is 10.3. The number of hydrogen-bond acceptors (Lipinski definition) is 6. The Balaban J connectivity index is 0.861. The zero-order chi connectivity index (χ0) is 102. The SMILES string of the molecule is [2H]c1c([2H])c([2H])c2c(c1[2H])c1c([2H])c([2H])c([2H])c([2H])c1n2-c1ccc2c(c1)N(c1c(-c3ccccc3)cc(-c3ccccc3)cc1-c1cccc3oc4ccccc4c13)c1cc(-c3cc(-c4cccc5oc6ccccc6c45)c4oc5ccccc5c4c3)cc3c1B2c1ccc(-n2c4c([2H])c([2H])c([2H])c([2H])c4c4c([2H])c([2H])c([2H])c([2H])c42)cc1N3c1c(-c2ccccc2)cc(-c2ccccc2)cc1-c1cccc2oc3ccccc3c12. The van der Waals surface area contributed by atoms with Crippen LogP contribution in [-0.2, 0) is 0 Å². The van der Waals surface area contributed by atoms with Gasteiger partial charge in [-0.15, -0.1) is 0 Å². The van der Waals surface area contributed by atoms with Gasteiger partial charge in [-0.1, -0.05) is 315 Å². The van der Waals surface area contributed by atoms with Gasteiger partial charge in [0.05, 0.1) is 55.4 Å². The predicted octanol–water partition coefficient (Wildman–Crippen LogP) is 32.9. The first-order valence-electron chi connectivity index (χ1n) is 53.0. The Bertz CT molecular complexity index is 10100. The number of fused-ring (bicyclic) bond motifs is 22. The van der Waals surface area contributed by atoms with Crippen LogP contribution in [0.15, 0.2) is 472 Å². The number of para-hydroxylation sites is 8. The van der Waals surface area contributed by atoms with Crippen LogP contribution in [0.25, 0.3) is 232 Å². The van der Waals surface area contributed by atoms with Gasteiger partial charge < -0.3 is 36.6 Å². The first-order chi connectivity index (χ1) is 73.6. The molecule has 135 heavy (non-hydrogen) atoms. The van der Waals surface area contributed by atoms with Crippen LogP contribution in [0.2, 0.25) is 0 Å². The Morgan fingerprint density at radius 2 is 0.526 bits per heavy atom. The van der Waals surface area contributed by atoms with Gasteiger partial charge in [0.2, 0.25) is 0 Å². The second-order valence-corrected chi connectivity index (χ2v) is 34.7. The molecule has 6 aromatic heterocycles. The van der Waals surface area contributed by atoms with Crippen LogP contribution in [0.1, 0.15) is 21.9 Å². The Hall–Kier alpha value is -17.9. The molecular formula is C126H75BN4O4. The molecule has 21 aromatic carbocycles. The number of aromatic nitrogens is 2. The van der Waals surface area contributed by atoms with Crippen LogP contribution in [0, 0.1) is 0 Å². The number of hydrogen-bond donors (Lipinski definition) is 0. The van der Waals surface area contributed by atoms with Crippen LogP contribution < -0.4 is 26.2 Å². The van der Waals surface area contributed by atoms with E-state index in [2.05, 4.69) is 149 Å². The molecule has 0 bridgehead atoms. The lowest BCUT2D eigenvalue weighted by Crippen LogP contribution is -2.61. The first kappa shape index (κ1) is 60.8. The van der Waals surface area contributed by atoms with Crippen LogP contribution in [0.4, 0.5) is 34.1 Å². The van der Waals surface area contributed by atoms with Crippen LogP contribution >= 0.6 is 0 Å². The fourth-order valence-electron chi connectivity index (χ4n) is 21.9. The summed E-state index contributed by atoms with van der Waals surface area (Å²) in [5.41, 5.74) is 22.8. The third-order valence-electron chi connectivity index (χ3n) is 27.6. The Morgan fingerprint density at radius 3 is 0.933 bits per heavy atom. The average molecular weight is 1740 g/mol. The van der Waals surface area contributed by atoms with Crippen molar-refractivity contribution in [3.8, 4) is 100 Å². The molecule has 626 valence electrons. The molecule has 8 heterocycles. The van der Waals surface area contributed by atoms with E-state index >= 15 is 0 Å². The monoisotopic (exact) mass is 1730 g/mol. The molecule has 29 rings (SSSR count). The zero-order valence-corrected chi connectivity index (χ0v) is 71.6. The average Bonchev–Trinajstić information content (AvgIpc) is 1.59. The van der Waals surface area contributed by atoms with Gasteiger partial charge >= 0.3 is 0 Å². The molecule has 0 atom stereocenters. The molecular weight excluding hydrogens is 1640 g/mol. The predicted molar refractivity (Wildman–Crippen MR) is 562 cm³/mol. The van der Waals surface area contributed by atoms with E-state index in [-0.39, 0.29) is 55.0 Å². The molecule has 9 heteroatoms. The van der Waals surface area contributed by atoms with E-state index in [0.717, 1.165) is 115 Å². The molecule has 0 N–H and O–H groups in total. The maximum atomic E-state index is 10.3. The summed E-state index contributed by atoms with van der Waals surface area (Å²) in [6, 6.07) is 112. The highest BCUT2D eigenvalue weighted by Gasteiger charge is 2.47. The Morgan fingerprint density at radius 1 is 0.207 bits per heavy atom. The molecule has 27 aromatic rings. The van der Waals surface area contributed by atoms with E-state index in [0.29, 0.717) is 112 Å². The molecule has 0 amide bonds. The van der Waals surface area contributed by atoms with Gasteiger partial charge in [-0.05, 0) is 217 Å². The minimum absolute atomic E-state index is 0.109. The molecule has 0 spiro atoms. The third-order valence-corrected chi connectivity index (χ3v) is 27.6. The standard InChI is InChI=1S/C126H75BN4O4/c1-5-32-76(33-6-1)80-66-97(78-36-9-3-10-37-78)124(99(68-80)91-48-29-59-117-120(91)94-45-18-26-56-114(94)132-117)130-109-74-84(128-105-51-21-13-40-86(105)87-41-14-22-52-106(87)128)62-64-103(109)127-104-65-63-85(129-107-53-23-15-42-88(107)89-43-16-24-54-108(89)129)75-110(104)131(125-98(79-38-11-4-12-39-79)67-81(77-34-7-2-8-35-77)69-100(125)92-49-30-60-118-121(92)95-46-19-27-57-115(95)133-118)112-73-83(72-111(130)123(112)127)82-70-101-90-44-17-25-55-113(90)135-126(101)102(71-82)93-50-31-61-119-122(93)96-47-20-28-58-116(96)134-119/h1-75H/i13D,14D,15D,16D,21D,22D,23D,24D,40D,41D,42D,43D,51D,52D,53D,54D. The smallest absolute Gasteiger partial charge is 0.252 e. The highest BCUT2D eigenvalue weighted by Crippen LogP contribution is 2.59. The maximum Gasteiger partial charge on any atom is 0.252 e. The highest BCUT2D eigenvalue weighted by molar-refractivity contribution is 7.00. The van der Waals surface area contributed by atoms with Crippen molar-refractivity contribution >= 4 is 189 Å². The quantitative estimate of drug-likeness (QED) is 0.114. The van der Waals surface area contributed by atoms with E-state index in [1.54, 1.807) is 9.13 Å². The van der Waals surface area contributed by atoms with Gasteiger partial charge in [0.1, 0.15) is 44.7 Å². The summed E-state index contributed by atoms with van der Waals surface area (Å²) in [6.07, 6.45) is 0. The molecule has 2 aliphatic heterocycles. The first-order valence-corrected chi connectivity index (χ1v) is 45.0. The Kier molecular flexibility index (Phi) is 13.2. The van der Waals surface area contributed by atoms with Crippen molar-refractivity contribution in [2.24, 2.45) is 0 Å². The number of rotatable bonds is 12. The van der Waals surface area contributed by atoms with Crippen LogP contribution in [0.5, 0.6) is 0 Å². The molecule has 8 nitrogen and oxygen atoms in total. The van der Waals surface area contributed by atoms with E-state index in [4.69, 9.17) is 17.7 Å². The lowest BCUT2D eigenvalue weighted by molar-refractivity contribution is 0.668. The van der Waals surface area contributed by atoms with Crippen molar-refractivity contribution in [2.75, 3.05) is 9.80 Å². The summed E-state index contributed by atoms with van der Waals surface area (Å²) in [7, 11) is 0. The summed E-state index contributed by atoms with van der Waals surface area (Å²) >= 11 is 0. The van der Waals surface area contributed by atoms with E-state index in [9.17, 15) is 21.9 Å². The largest absolute Gasteiger partial charge is 0.456 e. The lowest BCUT2D eigenvalue weighted by atomic mass is 9.33. The summed E-state index contributed by atoms with van der Waals surface area (Å²) in [5, 5.41) is 6.10. The normalized spacial score (nSPS) is 14.2. The van der Waals surface area contributed by atoms with E-state index < -0.39 is 103 Å². The minimum atomic E-state index is -0.982. The molecule has 0 saturated carbocycles. The molecule has 0 aliphatic carbocycles. The van der Waals surface area contributed by atoms with Gasteiger partial charge in [0.25, 0.3) is 6.71 Å². The van der Waals surface area contributed by atoms with Crippen LogP contribution in [0.3, 0.4) is 0 Å². The summed E-state index contributed by atoms with van der Waals surface area (Å²) in [4.78, 5) is 4.67. The van der Waals surface area contributed by atoms with Gasteiger partial charge in [0.15, 0.2) is 0 Å². The van der Waals surface area contributed by atoms with Crippen molar-refractivity contribution in [3.63, 3.8) is 0 Å². The lowest BCUT2D eigenvalue weighted by Gasteiger charge is -2.46. The van der Waals surface area contributed by atoms with Gasteiger partial charge in [-0.2, -0.15) is 0 Å². The van der Waals surface area contributed by atoms with Crippen molar-refractivity contribution in [1.82, 2.24) is 9.13 Å². The van der Waals surface area contributed by atoms with Gasteiger partial charge in [-0.3, -0.25) is 0 Å². The van der Waals surface area contributed by atoms with Crippen molar-refractivity contribution in [2.45, 2.75) is 0 Å². The molecule has 0 saturated heterocycles. The number of furan rings is 4. The van der Waals surface area contributed by atoms with Crippen molar-refractivity contribution < 1.29 is 39.6 Å². The fourth-order valence-corrected chi connectivity index (χ4v) is 21.9. The molecule has 0 fully saturated rings. The second kappa shape index (κ2) is 29.3. The van der Waals surface area contributed by atoms with Gasteiger partial charge in [0, 0.05) is 127 Å². The number of benzene rings is 21. The number of anilines is 6. The highest BCUT2D eigenvalue weighted by atomic mass is 16.3. The molecule has 0 radical (unpaired) electrons. The zero-order valence-electron chi connectivity index (χ0n) is 87.6. The van der Waals surface area contributed by atoms with E-state index in [1.165, 1.54) is 0 Å². The summed E-state index contributed by atoms with van der Waals surface area (Å²) < 4.78 is 188. The summed E-state index contributed by atoms with van der Waals surface area (Å²) in [6.45, 7) is -0.982. The third kappa shape index (κ3) is 11.3. The fraction of sp³-hybridized carbons (Fsp3) is 0. The molecule has 2 aliphatic rings. The minimum Gasteiger partial charge on any atom is -0.456 e. The summed E-state index contributed by atoms with van der Waals surface area (Å²) in [5.74, 6) is 0. The van der Waals surface area contributed by atoms with Crippen molar-refractivity contribution in [1.29, 1.82) is 0 Å². The number of nitrogens with zero attached hydrogens (tertiary/aromatic N) is 4. The van der Waals surface area contributed by atoms with Gasteiger partial charge in [-0.25, -0.2) is 0 Å². The topological polar surface area (TPSA) is 68.9 Å². The Labute approximate surface area is 797 Å². The second-order valence-electron chi connectivity index (χ2n) is 34.7. The molecule has 0 unspecified atom stereocenters. The van der Waals surface area contributed by atoms with Crippen LogP contribution in [-0.4, -0.2) is 15.8 Å². The van der Waals surface area contributed by atoms with Crippen molar-refractivity contribution in [3.05, 3.63) is 455 Å².